The van der Waals surface area contributed by atoms with E-state index in [9.17, 15) is 0 Å². The van der Waals surface area contributed by atoms with Crippen molar-refractivity contribution in [3.8, 4) is 11.4 Å². The van der Waals surface area contributed by atoms with Crippen molar-refractivity contribution in [3.05, 3.63) is 47.8 Å². The van der Waals surface area contributed by atoms with Crippen molar-refractivity contribution in [1.82, 2.24) is 4.57 Å². The van der Waals surface area contributed by atoms with Crippen molar-refractivity contribution in [2.75, 3.05) is 0 Å². The molecule has 0 amide bonds. The van der Waals surface area contributed by atoms with Crippen LogP contribution in [0.3, 0.4) is 0 Å². The van der Waals surface area contributed by atoms with Crippen molar-refractivity contribution >= 4 is 0 Å². The van der Waals surface area contributed by atoms with Crippen LogP contribution in [0.1, 0.15) is 91.8 Å². The molecule has 2 rings (SSSR count). The summed E-state index contributed by atoms with van der Waals surface area (Å²) in [5.74, 6) is 1.20. The number of phenols is 1. The maximum atomic E-state index is 9.17. The summed E-state index contributed by atoms with van der Waals surface area (Å²) in [6, 6.07) is 9.29. The Morgan fingerprint density at radius 2 is 1.37 bits per heavy atom. The van der Waals surface area contributed by atoms with E-state index < -0.39 is 0 Å². The van der Waals surface area contributed by atoms with Gasteiger partial charge in [-0.2, -0.15) is 0 Å². The molecule has 0 aliphatic rings. The summed E-state index contributed by atoms with van der Waals surface area (Å²) in [6.07, 6.45) is 8.82. The Bertz CT molecular complexity index is 550. The molecule has 0 saturated carbocycles. The maximum Gasteiger partial charge on any atom is 0.115 e. The van der Waals surface area contributed by atoms with Crippen molar-refractivity contribution in [1.29, 1.82) is 0 Å². The van der Waals surface area contributed by atoms with Crippen molar-refractivity contribution in [2.24, 2.45) is 5.92 Å². The van der Waals surface area contributed by atoms with E-state index in [1.54, 1.807) is 12.1 Å². The van der Waals surface area contributed by atoms with Crippen LogP contribution in [-0.4, -0.2) is 9.67 Å². The lowest BCUT2D eigenvalue weighted by molar-refractivity contribution is 0.475. The SMILES string of the molecule is CC.CCCC(C)C.CCCCC.Cc1ccn(-c2ccc(O)cc2)c1C. The quantitative estimate of drug-likeness (QED) is 0.557. The molecule has 0 aliphatic carbocycles. The molecule has 0 saturated heterocycles. The molecule has 2 nitrogen and oxygen atoms in total. The van der Waals surface area contributed by atoms with Gasteiger partial charge in [0.25, 0.3) is 0 Å². The molecule has 1 aromatic carbocycles. The molecule has 2 heteroatoms. The van der Waals surface area contributed by atoms with Crippen molar-refractivity contribution < 1.29 is 5.11 Å². The van der Waals surface area contributed by atoms with Crippen molar-refractivity contribution in [3.63, 3.8) is 0 Å². The van der Waals surface area contributed by atoms with Crippen LogP contribution in [-0.2, 0) is 0 Å². The third-order valence-corrected chi connectivity index (χ3v) is 4.11. The van der Waals surface area contributed by atoms with Gasteiger partial charge in [0.1, 0.15) is 5.75 Å². The Morgan fingerprint density at radius 3 is 1.63 bits per heavy atom. The van der Waals surface area contributed by atoms with E-state index >= 15 is 0 Å². The molecule has 0 bridgehead atoms. The number of phenolic OH excluding ortho intramolecular Hbond substituents is 1. The Kier molecular flexibility index (Phi) is 18.0. The lowest BCUT2D eigenvalue weighted by atomic mass is 10.1. The Morgan fingerprint density at radius 1 is 0.852 bits per heavy atom. The smallest absolute Gasteiger partial charge is 0.115 e. The van der Waals surface area contributed by atoms with E-state index in [0.717, 1.165) is 11.6 Å². The molecule has 0 atom stereocenters. The van der Waals surface area contributed by atoms with Crippen LogP contribution in [0.2, 0.25) is 0 Å². The number of benzene rings is 1. The Balaban J connectivity index is 0. The molecule has 2 aromatic rings. The van der Waals surface area contributed by atoms with E-state index in [1.807, 2.05) is 32.2 Å². The van der Waals surface area contributed by atoms with Gasteiger partial charge < -0.3 is 9.67 Å². The number of unbranched alkanes of at least 4 members (excludes halogenated alkanes) is 2. The molecule has 1 N–H and O–H groups in total. The molecule has 0 unspecified atom stereocenters. The summed E-state index contributed by atoms with van der Waals surface area (Å²) in [6.45, 7) is 19.3. The predicted octanol–water partition coefficient (Wildman–Crippen LogP) is 8.46. The van der Waals surface area contributed by atoms with Crippen LogP contribution < -0.4 is 0 Å². The number of aromatic hydroxyl groups is 1. The first-order valence-corrected chi connectivity index (χ1v) is 10.8. The number of aryl methyl sites for hydroxylation is 1. The monoisotopic (exact) mass is 375 g/mol. The lowest BCUT2D eigenvalue weighted by Crippen LogP contribution is -1.94. The van der Waals surface area contributed by atoms with E-state index in [-0.39, 0.29) is 0 Å². The summed E-state index contributed by atoms with van der Waals surface area (Å²) in [7, 11) is 0. The maximum absolute atomic E-state index is 9.17. The van der Waals surface area contributed by atoms with Crippen LogP contribution in [0.15, 0.2) is 36.5 Å². The fraction of sp³-hybridized carbons (Fsp3) is 0.600. The summed E-state index contributed by atoms with van der Waals surface area (Å²) < 4.78 is 2.11. The highest BCUT2D eigenvalue weighted by Crippen LogP contribution is 2.18. The first kappa shape index (κ1) is 27.5. The van der Waals surface area contributed by atoms with Gasteiger partial charge in [0, 0.05) is 17.6 Å². The van der Waals surface area contributed by atoms with Gasteiger partial charge in [-0.3, -0.25) is 0 Å². The third-order valence-electron chi connectivity index (χ3n) is 4.11. The summed E-state index contributed by atoms with van der Waals surface area (Å²) >= 11 is 0. The van der Waals surface area contributed by atoms with Gasteiger partial charge in [0.2, 0.25) is 0 Å². The molecule has 156 valence electrons. The van der Waals surface area contributed by atoms with E-state index in [0.29, 0.717) is 5.75 Å². The molecule has 1 aromatic heterocycles. The van der Waals surface area contributed by atoms with Gasteiger partial charge >= 0.3 is 0 Å². The summed E-state index contributed by atoms with van der Waals surface area (Å²) in [5.41, 5.74) is 3.59. The Labute approximate surface area is 169 Å². The molecular formula is C25H45NO. The van der Waals surface area contributed by atoms with Crippen molar-refractivity contribution in [2.45, 2.75) is 94.4 Å². The molecule has 0 radical (unpaired) electrons. The highest BCUT2D eigenvalue weighted by Gasteiger charge is 2.01. The van der Waals surface area contributed by atoms with Gasteiger partial charge in [-0.15, -0.1) is 0 Å². The molecule has 0 spiro atoms. The number of hydrogen-bond donors (Lipinski definition) is 1. The highest BCUT2D eigenvalue weighted by atomic mass is 16.3. The van der Waals surface area contributed by atoms with E-state index in [1.165, 1.54) is 43.4 Å². The Hall–Kier alpha value is -1.70. The second kappa shape index (κ2) is 17.7. The number of rotatable bonds is 5. The summed E-state index contributed by atoms with van der Waals surface area (Å²) in [5, 5.41) is 9.17. The van der Waals surface area contributed by atoms with E-state index in [4.69, 9.17) is 5.11 Å². The zero-order valence-electron chi connectivity index (χ0n) is 19.5. The average molecular weight is 376 g/mol. The zero-order valence-corrected chi connectivity index (χ0v) is 19.5. The van der Waals surface area contributed by atoms with Gasteiger partial charge in [-0.1, -0.05) is 80.6 Å². The standard InChI is InChI=1S/C12H13NO.C6H14.C5H12.C2H6/c1-9-7-8-13(10(9)2)11-3-5-12(14)6-4-11;1-4-5-6(2)3;1-3-5-4-2;1-2/h3-8,14H,1-2H3;6H,4-5H2,1-3H3;3-5H2,1-2H3;1-2H3. The van der Waals surface area contributed by atoms with Crippen LogP contribution >= 0.6 is 0 Å². The lowest BCUT2D eigenvalue weighted by Gasteiger charge is -2.06. The topological polar surface area (TPSA) is 25.2 Å². The fourth-order valence-electron chi connectivity index (χ4n) is 2.43. The minimum Gasteiger partial charge on any atom is -0.508 e. The zero-order chi connectivity index (χ0) is 21.2. The molecule has 0 fully saturated rings. The minimum atomic E-state index is 0.301. The fourth-order valence-corrected chi connectivity index (χ4v) is 2.43. The second-order valence-corrected chi connectivity index (χ2v) is 7.01. The molecule has 0 aliphatic heterocycles. The molecular weight excluding hydrogens is 330 g/mol. The third kappa shape index (κ3) is 13.2. The van der Waals surface area contributed by atoms with Crippen LogP contribution in [0.5, 0.6) is 5.75 Å². The largest absolute Gasteiger partial charge is 0.508 e. The number of aromatic nitrogens is 1. The number of nitrogens with zero attached hydrogens (tertiary/aromatic N) is 1. The normalized spacial score (nSPS) is 9.41. The predicted molar refractivity (Wildman–Crippen MR) is 123 cm³/mol. The van der Waals surface area contributed by atoms with Crippen LogP contribution in [0.25, 0.3) is 5.69 Å². The average Bonchev–Trinajstić information content (AvgIpc) is 2.98. The molecule has 27 heavy (non-hydrogen) atoms. The van der Waals surface area contributed by atoms with Crippen LogP contribution in [0, 0.1) is 19.8 Å². The molecule has 1 heterocycles. The van der Waals surface area contributed by atoms with Gasteiger partial charge in [0.15, 0.2) is 0 Å². The van der Waals surface area contributed by atoms with Gasteiger partial charge in [-0.25, -0.2) is 0 Å². The van der Waals surface area contributed by atoms with Gasteiger partial charge in [0.05, 0.1) is 0 Å². The van der Waals surface area contributed by atoms with Gasteiger partial charge in [-0.05, 0) is 55.7 Å². The first-order chi connectivity index (χ1) is 12.9. The van der Waals surface area contributed by atoms with E-state index in [2.05, 4.69) is 59.1 Å². The summed E-state index contributed by atoms with van der Waals surface area (Å²) in [4.78, 5) is 0. The second-order valence-electron chi connectivity index (χ2n) is 7.01. The number of hydrogen-bond acceptors (Lipinski definition) is 1. The highest BCUT2D eigenvalue weighted by molar-refractivity contribution is 5.40. The minimum absolute atomic E-state index is 0.301. The van der Waals surface area contributed by atoms with Crippen LogP contribution in [0.4, 0.5) is 0 Å². The first-order valence-electron chi connectivity index (χ1n) is 10.8.